The number of pyridine rings is 1. The number of alkyl halides is 1. The molecule has 0 fully saturated rings. The van der Waals surface area contributed by atoms with Gasteiger partial charge in [-0.05, 0) is 55.8 Å². The summed E-state index contributed by atoms with van der Waals surface area (Å²) in [5, 5.41) is 9.92. The Morgan fingerprint density at radius 1 is 1.07 bits per heavy atom. The Bertz CT molecular complexity index is 917. The Balaban J connectivity index is 2.03. The Hall–Kier alpha value is -1.75. The number of hydrogen-bond acceptors (Lipinski definition) is 4. The average Bonchev–Trinajstić information content (AvgIpc) is 2.69. The second kappa shape index (κ2) is 9.45. The lowest BCUT2D eigenvalue weighted by Gasteiger charge is -2.21. The first kappa shape index (κ1) is 20.0. The van der Waals surface area contributed by atoms with Crippen LogP contribution in [0.3, 0.4) is 0 Å². The first-order valence-electron chi connectivity index (χ1n) is 9.26. The third kappa shape index (κ3) is 4.75. The summed E-state index contributed by atoms with van der Waals surface area (Å²) in [6.07, 6.45) is 2.03. The van der Waals surface area contributed by atoms with Crippen LogP contribution >= 0.6 is 23.2 Å². The summed E-state index contributed by atoms with van der Waals surface area (Å²) in [6.45, 7) is 3.95. The predicted molar refractivity (Wildman–Crippen MR) is 117 cm³/mol. The number of fused-ring (bicyclic) bond motifs is 2. The van der Waals surface area contributed by atoms with E-state index in [0.717, 1.165) is 59.2 Å². The number of hydrogen-bond donors (Lipinski definition) is 2. The maximum Gasteiger partial charge on any atom is 0.119 e. The molecule has 3 aromatic rings. The molecule has 4 nitrogen and oxygen atoms in total. The van der Waals surface area contributed by atoms with Crippen molar-refractivity contribution in [3.05, 3.63) is 41.4 Å². The fourth-order valence-electron chi connectivity index (χ4n) is 3.23. The second-order valence-electron chi connectivity index (χ2n) is 6.51. The number of halogens is 2. The van der Waals surface area contributed by atoms with Gasteiger partial charge in [0.15, 0.2) is 0 Å². The summed E-state index contributed by atoms with van der Waals surface area (Å²) in [4.78, 5) is 4.79. The van der Waals surface area contributed by atoms with Gasteiger partial charge in [0.05, 0.1) is 23.8 Å². The van der Waals surface area contributed by atoms with Crippen LogP contribution in [-0.2, 0) is 0 Å². The molecule has 2 N–H and O–H groups in total. The Kier molecular flexibility index (Phi) is 7.00. The van der Waals surface area contributed by atoms with Gasteiger partial charge in [0.25, 0.3) is 0 Å². The van der Waals surface area contributed by atoms with Crippen molar-refractivity contribution < 1.29 is 4.74 Å². The number of benzene rings is 2. The number of anilines is 1. The smallest absolute Gasteiger partial charge is 0.119 e. The van der Waals surface area contributed by atoms with Gasteiger partial charge in [-0.2, -0.15) is 0 Å². The monoisotopic (exact) mass is 405 g/mol. The summed E-state index contributed by atoms with van der Waals surface area (Å²) in [6, 6.07) is 12.1. The van der Waals surface area contributed by atoms with E-state index in [1.165, 1.54) is 0 Å². The lowest BCUT2D eigenvalue weighted by atomic mass is 10.0. The molecule has 0 spiro atoms. The zero-order valence-corrected chi connectivity index (χ0v) is 17.2. The van der Waals surface area contributed by atoms with E-state index in [0.29, 0.717) is 16.9 Å². The maximum absolute atomic E-state index is 6.20. The van der Waals surface area contributed by atoms with Crippen LogP contribution in [0.2, 0.25) is 5.02 Å². The zero-order valence-electron chi connectivity index (χ0n) is 15.7. The molecular weight excluding hydrogens is 381 g/mol. The van der Waals surface area contributed by atoms with Gasteiger partial charge < -0.3 is 15.4 Å². The van der Waals surface area contributed by atoms with Crippen LogP contribution in [0.15, 0.2) is 36.4 Å². The highest BCUT2D eigenvalue weighted by Crippen LogP contribution is 2.35. The molecule has 1 heterocycles. The largest absolute Gasteiger partial charge is 0.497 e. The van der Waals surface area contributed by atoms with E-state index in [1.54, 1.807) is 7.11 Å². The normalized spacial score (nSPS) is 12.4. The van der Waals surface area contributed by atoms with Gasteiger partial charge in [-0.1, -0.05) is 18.5 Å². The molecule has 0 saturated carbocycles. The molecule has 0 saturated heterocycles. The fraction of sp³-hybridized carbons (Fsp3) is 0.381. The van der Waals surface area contributed by atoms with Crippen LogP contribution in [0.4, 0.5) is 5.69 Å². The van der Waals surface area contributed by atoms with E-state index in [9.17, 15) is 0 Å². The number of ether oxygens (including phenoxy) is 1. The highest BCUT2D eigenvalue weighted by Gasteiger charge is 2.14. The first-order valence-corrected chi connectivity index (χ1v) is 10.2. The SMILES string of the molecule is CCC(CCNCCCl)Nc1c2ccc(Cl)cc2nc2ccc(OC)cc12. The molecule has 6 heteroatoms. The number of nitrogens with zero attached hydrogens (tertiary/aromatic N) is 1. The molecule has 0 aliphatic rings. The molecule has 1 atom stereocenters. The van der Waals surface area contributed by atoms with Crippen molar-refractivity contribution in [3.8, 4) is 5.75 Å². The Morgan fingerprint density at radius 3 is 2.67 bits per heavy atom. The Labute approximate surface area is 170 Å². The van der Waals surface area contributed by atoms with Crippen molar-refractivity contribution in [1.82, 2.24) is 10.3 Å². The van der Waals surface area contributed by atoms with Crippen LogP contribution in [0.25, 0.3) is 21.8 Å². The Morgan fingerprint density at radius 2 is 1.93 bits per heavy atom. The number of aromatic nitrogens is 1. The van der Waals surface area contributed by atoms with Crippen molar-refractivity contribution in [2.75, 3.05) is 31.4 Å². The molecule has 1 unspecified atom stereocenters. The minimum Gasteiger partial charge on any atom is -0.497 e. The predicted octanol–water partition coefficient (Wildman–Crippen LogP) is 5.46. The van der Waals surface area contributed by atoms with Gasteiger partial charge in [0, 0.05) is 34.3 Å². The third-order valence-electron chi connectivity index (χ3n) is 4.73. The first-order chi connectivity index (χ1) is 13.2. The van der Waals surface area contributed by atoms with E-state index in [1.807, 2.05) is 36.4 Å². The summed E-state index contributed by atoms with van der Waals surface area (Å²) < 4.78 is 5.43. The fourth-order valence-corrected chi connectivity index (χ4v) is 3.53. The van der Waals surface area contributed by atoms with Crippen molar-refractivity contribution in [3.63, 3.8) is 0 Å². The molecule has 0 aliphatic carbocycles. The topological polar surface area (TPSA) is 46.2 Å². The highest BCUT2D eigenvalue weighted by atomic mass is 35.5. The van der Waals surface area contributed by atoms with Crippen molar-refractivity contribution in [2.24, 2.45) is 0 Å². The molecule has 144 valence electrons. The van der Waals surface area contributed by atoms with E-state index in [-0.39, 0.29) is 0 Å². The number of rotatable bonds is 9. The van der Waals surface area contributed by atoms with Gasteiger partial charge >= 0.3 is 0 Å². The zero-order chi connectivity index (χ0) is 19.2. The summed E-state index contributed by atoms with van der Waals surface area (Å²) in [7, 11) is 1.68. The van der Waals surface area contributed by atoms with E-state index < -0.39 is 0 Å². The van der Waals surface area contributed by atoms with E-state index in [2.05, 4.69) is 17.6 Å². The summed E-state index contributed by atoms with van der Waals surface area (Å²) in [5.41, 5.74) is 2.88. The van der Waals surface area contributed by atoms with Crippen molar-refractivity contribution >= 4 is 50.7 Å². The average molecular weight is 406 g/mol. The minimum absolute atomic E-state index is 0.337. The molecule has 0 aliphatic heterocycles. The summed E-state index contributed by atoms with van der Waals surface area (Å²) >= 11 is 11.9. The number of methoxy groups -OCH3 is 1. The molecule has 2 aromatic carbocycles. The molecular formula is C21H25Cl2N3O. The third-order valence-corrected chi connectivity index (χ3v) is 5.15. The molecule has 3 rings (SSSR count). The highest BCUT2D eigenvalue weighted by molar-refractivity contribution is 6.31. The van der Waals surface area contributed by atoms with Crippen LogP contribution in [-0.4, -0.2) is 37.1 Å². The van der Waals surface area contributed by atoms with Gasteiger partial charge in [-0.3, -0.25) is 0 Å². The molecule has 0 radical (unpaired) electrons. The van der Waals surface area contributed by atoms with E-state index >= 15 is 0 Å². The van der Waals surface area contributed by atoms with Crippen LogP contribution < -0.4 is 15.4 Å². The van der Waals surface area contributed by atoms with Gasteiger partial charge in [-0.25, -0.2) is 4.98 Å². The van der Waals surface area contributed by atoms with Crippen LogP contribution in [0.1, 0.15) is 19.8 Å². The van der Waals surface area contributed by atoms with Crippen LogP contribution in [0.5, 0.6) is 5.75 Å². The van der Waals surface area contributed by atoms with Crippen molar-refractivity contribution in [2.45, 2.75) is 25.8 Å². The second-order valence-corrected chi connectivity index (χ2v) is 7.32. The minimum atomic E-state index is 0.337. The molecule has 1 aromatic heterocycles. The standard InChI is InChI=1S/C21H25Cl2N3O/c1-3-15(8-10-24-11-9-22)25-21-17-6-4-14(23)12-20(17)26-19-7-5-16(27-2)13-18(19)21/h4-7,12-13,15,24H,3,8-11H2,1-2H3,(H,25,26). The quantitative estimate of drug-likeness (QED) is 0.282. The van der Waals surface area contributed by atoms with Crippen LogP contribution in [0, 0.1) is 0 Å². The van der Waals surface area contributed by atoms with Gasteiger partial charge in [0.2, 0.25) is 0 Å². The lowest BCUT2D eigenvalue weighted by molar-refractivity contribution is 0.415. The van der Waals surface area contributed by atoms with Gasteiger partial charge in [0.1, 0.15) is 5.75 Å². The van der Waals surface area contributed by atoms with Gasteiger partial charge in [-0.15, -0.1) is 11.6 Å². The number of nitrogens with one attached hydrogen (secondary N) is 2. The van der Waals surface area contributed by atoms with E-state index in [4.69, 9.17) is 32.9 Å². The maximum atomic E-state index is 6.20. The molecule has 0 amide bonds. The molecule has 0 bridgehead atoms. The van der Waals surface area contributed by atoms with Crippen molar-refractivity contribution in [1.29, 1.82) is 0 Å². The lowest BCUT2D eigenvalue weighted by Crippen LogP contribution is -2.26. The summed E-state index contributed by atoms with van der Waals surface area (Å²) in [5.74, 6) is 1.45. The molecule has 27 heavy (non-hydrogen) atoms.